The van der Waals surface area contributed by atoms with Gasteiger partial charge in [0.25, 0.3) is 0 Å². The van der Waals surface area contributed by atoms with Crippen molar-refractivity contribution in [1.29, 1.82) is 0 Å². The van der Waals surface area contributed by atoms with Crippen LogP contribution in [0.5, 0.6) is 0 Å². The number of carboxylic acids is 1. The molecule has 112 valence electrons. The molecule has 0 radical (unpaired) electrons. The number of carbonyl (C=O) groups is 2. The molecule has 0 aliphatic rings. The molecule has 0 spiro atoms. The Morgan fingerprint density at radius 3 is 2.21 bits per heavy atom. The normalized spacial score (nSPS) is 14.8. The summed E-state index contributed by atoms with van der Waals surface area (Å²) in [6.07, 6.45) is 2.26. The van der Waals surface area contributed by atoms with E-state index >= 15 is 0 Å². The zero-order valence-electron chi connectivity index (χ0n) is 12.7. The third-order valence-corrected chi connectivity index (χ3v) is 2.88. The fraction of sp³-hybridized carbons (Fsp3) is 0.857. The Hall–Kier alpha value is -1.10. The summed E-state index contributed by atoms with van der Waals surface area (Å²) in [6, 6.07) is 0.0789. The lowest BCUT2D eigenvalue weighted by molar-refractivity contribution is -0.141. The van der Waals surface area contributed by atoms with Gasteiger partial charge in [0, 0.05) is 11.6 Å². The van der Waals surface area contributed by atoms with Crippen LogP contribution in [0.4, 0.5) is 0 Å². The SMILES string of the molecule is CC(CCCC(C)C(=O)O)NC(=O)CNC(C)(C)C. The van der Waals surface area contributed by atoms with Crippen molar-refractivity contribution < 1.29 is 14.7 Å². The highest BCUT2D eigenvalue weighted by atomic mass is 16.4. The van der Waals surface area contributed by atoms with Gasteiger partial charge in [-0.25, -0.2) is 0 Å². The fourth-order valence-corrected chi connectivity index (χ4v) is 1.60. The molecule has 0 saturated heterocycles. The standard InChI is InChI=1S/C14H28N2O3/c1-10(13(18)19)7-6-8-11(2)16-12(17)9-15-14(3,4)5/h10-11,15H,6-9H2,1-5H3,(H,16,17)(H,18,19). The zero-order valence-corrected chi connectivity index (χ0v) is 12.7. The second-order valence-electron chi connectivity index (χ2n) is 6.24. The lowest BCUT2D eigenvalue weighted by atomic mass is 10.0. The van der Waals surface area contributed by atoms with E-state index in [0.29, 0.717) is 13.0 Å². The summed E-state index contributed by atoms with van der Waals surface area (Å²) in [5.41, 5.74) is -0.0719. The fourth-order valence-electron chi connectivity index (χ4n) is 1.60. The molecule has 0 aliphatic heterocycles. The van der Waals surface area contributed by atoms with Crippen LogP contribution in [0.2, 0.25) is 0 Å². The highest BCUT2D eigenvalue weighted by molar-refractivity contribution is 5.78. The van der Waals surface area contributed by atoms with Crippen molar-refractivity contribution >= 4 is 11.9 Å². The number of amides is 1. The summed E-state index contributed by atoms with van der Waals surface area (Å²) >= 11 is 0. The number of rotatable bonds is 8. The van der Waals surface area contributed by atoms with Crippen molar-refractivity contribution in [3.05, 3.63) is 0 Å². The van der Waals surface area contributed by atoms with Crippen LogP contribution in [0, 0.1) is 5.92 Å². The monoisotopic (exact) mass is 272 g/mol. The third kappa shape index (κ3) is 10.5. The molecule has 0 aromatic rings. The molecule has 0 rings (SSSR count). The van der Waals surface area contributed by atoms with Gasteiger partial charge < -0.3 is 15.7 Å². The summed E-state index contributed by atoms with van der Waals surface area (Å²) < 4.78 is 0. The number of carbonyl (C=O) groups excluding carboxylic acids is 1. The van der Waals surface area contributed by atoms with Crippen LogP contribution >= 0.6 is 0 Å². The van der Waals surface area contributed by atoms with Gasteiger partial charge in [0.05, 0.1) is 12.5 Å². The Kier molecular flexibility index (Phi) is 7.68. The van der Waals surface area contributed by atoms with Gasteiger partial charge >= 0.3 is 5.97 Å². The summed E-state index contributed by atoms with van der Waals surface area (Å²) in [6.45, 7) is 9.99. The van der Waals surface area contributed by atoms with E-state index in [1.807, 2.05) is 27.7 Å². The predicted octanol–water partition coefficient (Wildman–Crippen LogP) is 1.77. The Balaban J connectivity index is 3.77. The molecule has 0 aromatic carbocycles. The van der Waals surface area contributed by atoms with Crippen LogP contribution in [-0.2, 0) is 9.59 Å². The van der Waals surface area contributed by atoms with Gasteiger partial charge in [0.15, 0.2) is 0 Å². The number of carboxylic acid groups (broad SMARTS) is 1. The molecule has 5 heteroatoms. The maximum atomic E-state index is 11.6. The van der Waals surface area contributed by atoms with Crippen LogP contribution in [0.1, 0.15) is 53.9 Å². The molecule has 0 saturated carbocycles. The molecule has 0 aliphatic carbocycles. The zero-order chi connectivity index (χ0) is 15.1. The van der Waals surface area contributed by atoms with Crippen molar-refractivity contribution in [2.24, 2.45) is 5.92 Å². The number of nitrogens with one attached hydrogen (secondary N) is 2. The van der Waals surface area contributed by atoms with Crippen molar-refractivity contribution in [3.63, 3.8) is 0 Å². The summed E-state index contributed by atoms with van der Waals surface area (Å²) in [5, 5.41) is 14.8. The maximum Gasteiger partial charge on any atom is 0.306 e. The summed E-state index contributed by atoms with van der Waals surface area (Å²) in [4.78, 5) is 22.3. The maximum absolute atomic E-state index is 11.6. The van der Waals surface area contributed by atoms with Crippen molar-refractivity contribution in [3.8, 4) is 0 Å². The van der Waals surface area contributed by atoms with Gasteiger partial charge in [-0.3, -0.25) is 9.59 Å². The van der Waals surface area contributed by atoms with Gasteiger partial charge in [-0.15, -0.1) is 0 Å². The topological polar surface area (TPSA) is 78.4 Å². The molecule has 0 heterocycles. The molecular weight excluding hydrogens is 244 g/mol. The lowest BCUT2D eigenvalue weighted by Crippen LogP contribution is -2.45. The van der Waals surface area contributed by atoms with Gasteiger partial charge in [-0.05, 0) is 40.5 Å². The van der Waals surface area contributed by atoms with E-state index in [1.54, 1.807) is 6.92 Å². The molecule has 1 amide bonds. The molecule has 3 N–H and O–H groups in total. The van der Waals surface area contributed by atoms with Crippen molar-refractivity contribution in [2.75, 3.05) is 6.54 Å². The van der Waals surface area contributed by atoms with Gasteiger partial charge in [0.1, 0.15) is 0 Å². The minimum Gasteiger partial charge on any atom is -0.481 e. The van der Waals surface area contributed by atoms with E-state index < -0.39 is 5.97 Å². The van der Waals surface area contributed by atoms with Gasteiger partial charge in [-0.1, -0.05) is 13.3 Å². The Morgan fingerprint density at radius 1 is 1.16 bits per heavy atom. The lowest BCUT2D eigenvalue weighted by Gasteiger charge is -2.21. The van der Waals surface area contributed by atoms with E-state index in [2.05, 4.69) is 10.6 Å². The van der Waals surface area contributed by atoms with Gasteiger partial charge in [0.2, 0.25) is 5.91 Å². The molecule has 5 nitrogen and oxygen atoms in total. The molecule has 0 fully saturated rings. The van der Waals surface area contributed by atoms with Crippen LogP contribution in [-0.4, -0.2) is 35.1 Å². The van der Waals surface area contributed by atoms with Crippen molar-refractivity contribution in [2.45, 2.75) is 65.5 Å². The molecule has 0 bridgehead atoms. The van der Waals surface area contributed by atoms with Crippen LogP contribution < -0.4 is 10.6 Å². The van der Waals surface area contributed by atoms with E-state index in [9.17, 15) is 9.59 Å². The average molecular weight is 272 g/mol. The van der Waals surface area contributed by atoms with E-state index in [0.717, 1.165) is 12.8 Å². The Labute approximate surface area is 116 Å². The molecule has 2 atom stereocenters. The Bertz CT molecular complexity index is 298. The van der Waals surface area contributed by atoms with Crippen LogP contribution in [0.25, 0.3) is 0 Å². The predicted molar refractivity (Wildman–Crippen MR) is 76.0 cm³/mol. The molecule has 19 heavy (non-hydrogen) atoms. The molecule has 2 unspecified atom stereocenters. The summed E-state index contributed by atoms with van der Waals surface area (Å²) in [7, 11) is 0. The third-order valence-electron chi connectivity index (χ3n) is 2.88. The first-order valence-electron chi connectivity index (χ1n) is 6.89. The van der Waals surface area contributed by atoms with Crippen molar-refractivity contribution in [1.82, 2.24) is 10.6 Å². The second-order valence-corrected chi connectivity index (χ2v) is 6.24. The highest BCUT2D eigenvalue weighted by Gasteiger charge is 2.14. The first-order chi connectivity index (χ1) is 8.61. The quantitative estimate of drug-likeness (QED) is 0.629. The van der Waals surface area contributed by atoms with Crippen LogP contribution in [0.15, 0.2) is 0 Å². The average Bonchev–Trinajstić information content (AvgIpc) is 2.25. The van der Waals surface area contributed by atoms with Gasteiger partial charge in [-0.2, -0.15) is 0 Å². The molecular formula is C14H28N2O3. The highest BCUT2D eigenvalue weighted by Crippen LogP contribution is 2.09. The van der Waals surface area contributed by atoms with E-state index in [4.69, 9.17) is 5.11 Å². The van der Waals surface area contributed by atoms with Crippen LogP contribution in [0.3, 0.4) is 0 Å². The number of hydrogen-bond acceptors (Lipinski definition) is 3. The largest absolute Gasteiger partial charge is 0.481 e. The number of hydrogen-bond donors (Lipinski definition) is 3. The first kappa shape index (κ1) is 17.9. The summed E-state index contributed by atoms with van der Waals surface area (Å²) in [5.74, 6) is -1.09. The Morgan fingerprint density at radius 2 is 1.74 bits per heavy atom. The smallest absolute Gasteiger partial charge is 0.306 e. The van der Waals surface area contributed by atoms with E-state index in [-0.39, 0.29) is 23.4 Å². The molecule has 0 aromatic heterocycles. The van der Waals surface area contributed by atoms with E-state index in [1.165, 1.54) is 0 Å². The minimum absolute atomic E-state index is 0.0197. The minimum atomic E-state index is -0.758. The second kappa shape index (κ2) is 8.15. The first-order valence-corrected chi connectivity index (χ1v) is 6.89. The number of aliphatic carboxylic acids is 1.